The third-order valence-electron chi connectivity index (χ3n) is 4.35. The molecule has 1 aromatic carbocycles. The first-order chi connectivity index (χ1) is 9.20. The van der Waals surface area contributed by atoms with Gasteiger partial charge in [0.15, 0.2) is 0 Å². The summed E-state index contributed by atoms with van der Waals surface area (Å²) in [7, 11) is 0. The van der Waals surface area contributed by atoms with Crippen LogP contribution in [0.3, 0.4) is 0 Å². The van der Waals surface area contributed by atoms with Crippen molar-refractivity contribution in [3.63, 3.8) is 0 Å². The minimum atomic E-state index is 0.0766. The van der Waals surface area contributed by atoms with E-state index in [1.807, 2.05) is 12.1 Å². The van der Waals surface area contributed by atoms with Crippen molar-refractivity contribution in [2.24, 2.45) is 5.92 Å². The topological polar surface area (TPSA) is 52.6 Å². The SMILES string of the molecule is Cc1cc(CO)ccc1N1CCCC2C(=O)NCC21. The van der Waals surface area contributed by atoms with Crippen LogP contribution in [-0.4, -0.2) is 30.1 Å². The Labute approximate surface area is 113 Å². The Kier molecular flexibility index (Phi) is 3.19. The van der Waals surface area contributed by atoms with Crippen molar-refractivity contribution >= 4 is 11.6 Å². The predicted octanol–water partition coefficient (Wildman–Crippen LogP) is 1.20. The Morgan fingerprint density at radius 3 is 3.05 bits per heavy atom. The van der Waals surface area contributed by atoms with Gasteiger partial charge in [0.1, 0.15) is 0 Å². The molecule has 0 bridgehead atoms. The predicted molar refractivity (Wildman–Crippen MR) is 74.0 cm³/mol. The molecule has 1 aromatic rings. The average molecular weight is 260 g/mol. The number of hydrogen-bond acceptors (Lipinski definition) is 3. The molecular formula is C15H20N2O2. The molecule has 4 heteroatoms. The zero-order valence-electron chi connectivity index (χ0n) is 11.2. The van der Waals surface area contributed by atoms with Crippen LogP contribution in [0.1, 0.15) is 24.0 Å². The number of amides is 1. The fourth-order valence-electron chi connectivity index (χ4n) is 3.39. The first kappa shape index (κ1) is 12.5. The van der Waals surface area contributed by atoms with Crippen molar-refractivity contribution in [1.29, 1.82) is 0 Å². The van der Waals surface area contributed by atoms with Crippen molar-refractivity contribution in [3.8, 4) is 0 Å². The average Bonchev–Trinajstić information content (AvgIpc) is 2.81. The summed E-state index contributed by atoms with van der Waals surface area (Å²) in [5.74, 6) is 0.352. The number of fused-ring (bicyclic) bond motifs is 1. The normalized spacial score (nSPS) is 26.2. The molecule has 0 aromatic heterocycles. The van der Waals surface area contributed by atoms with Crippen LogP contribution in [0, 0.1) is 12.8 Å². The second-order valence-corrected chi connectivity index (χ2v) is 5.53. The first-order valence-corrected chi connectivity index (χ1v) is 6.95. The van der Waals surface area contributed by atoms with Gasteiger partial charge in [0.25, 0.3) is 0 Å². The molecule has 2 atom stereocenters. The lowest BCUT2D eigenvalue weighted by Gasteiger charge is -2.38. The standard InChI is InChI=1S/C15H20N2O2/c1-10-7-11(9-18)4-5-13(10)17-6-2-3-12-14(17)8-16-15(12)19/h4-5,7,12,14,18H,2-3,6,8-9H2,1H3,(H,16,19). The van der Waals surface area contributed by atoms with Gasteiger partial charge in [-0.3, -0.25) is 4.79 Å². The van der Waals surface area contributed by atoms with Crippen LogP contribution < -0.4 is 10.2 Å². The van der Waals surface area contributed by atoms with E-state index in [0.717, 1.165) is 31.5 Å². The number of piperidine rings is 1. The number of nitrogens with zero attached hydrogens (tertiary/aromatic N) is 1. The summed E-state index contributed by atoms with van der Waals surface area (Å²) in [5.41, 5.74) is 3.31. The Morgan fingerprint density at radius 1 is 1.47 bits per heavy atom. The molecule has 2 aliphatic heterocycles. The highest BCUT2D eigenvalue weighted by atomic mass is 16.3. The minimum Gasteiger partial charge on any atom is -0.392 e. The van der Waals surface area contributed by atoms with Crippen molar-refractivity contribution in [3.05, 3.63) is 29.3 Å². The van der Waals surface area contributed by atoms with E-state index >= 15 is 0 Å². The summed E-state index contributed by atoms with van der Waals surface area (Å²) < 4.78 is 0. The molecule has 102 valence electrons. The van der Waals surface area contributed by atoms with Crippen LogP contribution in [0.4, 0.5) is 5.69 Å². The van der Waals surface area contributed by atoms with Gasteiger partial charge < -0.3 is 15.3 Å². The van der Waals surface area contributed by atoms with Crippen molar-refractivity contribution < 1.29 is 9.90 Å². The zero-order chi connectivity index (χ0) is 13.4. The van der Waals surface area contributed by atoms with E-state index in [9.17, 15) is 9.90 Å². The lowest BCUT2D eigenvalue weighted by molar-refractivity contribution is -0.122. The largest absolute Gasteiger partial charge is 0.392 e. The maximum atomic E-state index is 11.8. The number of carbonyl (C=O) groups excluding carboxylic acids is 1. The number of aliphatic hydroxyl groups excluding tert-OH is 1. The van der Waals surface area contributed by atoms with Gasteiger partial charge in [-0.15, -0.1) is 0 Å². The van der Waals surface area contributed by atoms with Crippen LogP contribution in [0.2, 0.25) is 0 Å². The fraction of sp³-hybridized carbons (Fsp3) is 0.533. The summed E-state index contributed by atoms with van der Waals surface area (Å²) in [4.78, 5) is 14.2. The Balaban J connectivity index is 1.91. The highest BCUT2D eigenvalue weighted by Gasteiger charge is 2.41. The fourth-order valence-corrected chi connectivity index (χ4v) is 3.39. The molecule has 0 spiro atoms. The summed E-state index contributed by atoms with van der Waals surface area (Å²) in [6.45, 7) is 3.91. The molecule has 2 N–H and O–H groups in total. The summed E-state index contributed by atoms with van der Waals surface area (Å²) in [5, 5.41) is 12.2. The molecular weight excluding hydrogens is 240 g/mol. The van der Waals surface area contributed by atoms with Gasteiger partial charge >= 0.3 is 0 Å². The number of anilines is 1. The van der Waals surface area contributed by atoms with Crippen molar-refractivity contribution in [1.82, 2.24) is 5.32 Å². The van der Waals surface area contributed by atoms with Gasteiger partial charge in [-0.05, 0) is 37.0 Å². The highest BCUT2D eigenvalue weighted by Crippen LogP contribution is 2.33. The second kappa shape index (κ2) is 4.85. The van der Waals surface area contributed by atoms with Gasteiger partial charge in [-0.1, -0.05) is 12.1 Å². The summed E-state index contributed by atoms with van der Waals surface area (Å²) >= 11 is 0. The molecule has 1 amide bonds. The second-order valence-electron chi connectivity index (χ2n) is 5.53. The van der Waals surface area contributed by atoms with E-state index in [4.69, 9.17) is 0 Å². The molecule has 2 fully saturated rings. The molecule has 2 heterocycles. The van der Waals surface area contributed by atoms with Gasteiger partial charge in [-0.25, -0.2) is 0 Å². The lowest BCUT2D eigenvalue weighted by atomic mass is 9.90. The molecule has 0 saturated carbocycles. The lowest BCUT2D eigenvalue weighted by Crippen LogP contribution is -2.46. The maximum absolute atomic E-state index is 11.8. The summed E-state index contributed by atoms with van der Waals surface area (Å²) in [6.07, 6.45) is 2.07. The number of carbonyl (C=O) groups is 1. The van der Waals surface area contributed by atoms with Crippen LogP contribution in [-0.2, 0) is 11.4 Å². The van der Waals surface area contributed by atoms with E-state index in [2.05, 4.69) is 23.2 Å². The number of aryl methyl sites for hydroxylation is 1. The number of rotatable bonds is 2. The number of aliphatic hydroxyl groups is 1. The quantitative estimate of drug-likeness (QED) is 0.840. The smallest absolute Gasteiger partial charge is 0.225 e. The van der Waals surface area contributed by atoms with E-state index in [-0.39, 0.29) is 18.4 Å². The van der Waals surface area contributed by atoms with Crippen LogP contribution >= 0.6 is 0 Å². The molecule has 2 saturated heterocycles. The number of benzene rings is 1. The van der Waals surface area contributed by atoms with Gasteiger partial charge in [-0.2, -0.15) is 0 Å². The number of nitrogens with one attached hydrogen (secondary N) is 1. The first-order valence-electron chi connectivity index (χ1n) is 6.95. The van der Waals surface area contributed by atoms with E-state index in [1.165, 1.54) is 11.3 Å². The van der Waals surface area contributed by atoms with Gasteiger partial charge in [0, 0.05) is 18.8 Å². The van der Waals surface area contributed by atoms with Crippen LogP contribution in [0.5, 0.6) is 0 Å². The van der Waals surface area contributed by atoms with Crippen molar-refractivity contribution in [2.75, 3.05) is 18.0 Å². The summed E-state index contributed by atoms with van der Waals surface area (Å²) in [6, 6.07) is 6.37. The van der Waals surface area contributed by atoms with Gasteiger partial charge in [0.05, 0.1) is 18.6 Å². The Hall–Kier alpha value is -1.55. The number of hydrogen-bond donors (Lipinski definition) is 2. The Bertz CT molecular complexity index is 501. The third-order valence-corrected chi connectivity index (χ3v) is 4.35. The molecule has 0 aliphatic carbocycles. The van der Waals surface area contributed by atoms with Gasteiger partial charge in [0.2, 0.25) is 5.91 Å². The van der Waals surface area contributed by atoms with E-state index in [0.29, 0.717) is 6.04 Å². The molecule has 19 heavy (non-hydrogen) atoms. The van der Waals surface area contributed by atoms with E-state index < -0.39 is 0 Å². The van der Waals surface area contributed by atoms with E-state index in [1.54, 1.807) is 0 Å². The minimum absolute atomic E-state index is 0.0766. The zero-order valence-corrected chi connectivity index (χ0v) is 11.2. The molecule has 0 radical (unpaired) electrons. The Morgan fingerprint density at radius 2 is 2.32 bits per heavy atom. The van der Waals surface area contributed by atoms with Crippen LogP contribution in [0.15, 0.2) is 18.2 Å². The molecule has 3 rings (SSSR count). The molecule has 2 aliphatic rings. The third kappa shape index (κ3) is 2.10. The van der Waals surface area contributed by atoms with Crippen molar-refractivity contribution in [2.45, 2.75) is 32.4 Å². The highest BCUT2D eigenvalue weighted by molar-refractivity contribution is 5.83. The molecule has 2 unspecified atom stereocenters. The maximum Gasteiger partial charge on any atom is 0.225 e. The van der Waals surface area contributed by atoms with Crippen LogP contribution in [0.25, 0.3) is 0 Å². The molecule has 4 nitrogen and oxygen atoms in total. The monoisotopic (exact) mass is 260 g/mol.